The number of hydrogen-bond donors (Lipinski definition) is 1. The fourth-order valence-corrected chi connectivity index (χ4v) is 2.13. The van der Waals surface area contributed by atoms with Crippen molar-refractivity contribution in [3.8, 4) is 0 Å². The van der Waals surface area contributed by atoms with Crippen molar-refractivity contribution in [2.75, 3.05) is 13.2 Å². The highest BCUT2D eigenvalue weighted by Gasteiger charge is 2.22. The van der Waals surface area contributed by atoms with Gasteiger partial charge in [-0.15, -0.1) is 0 Å². The quantitative estimate of drug-likeness (QED) is 0.460. The number of pyridine rings is 1. The number of aromatic nitrogens is 1. The lowest BCUT2D eigenvalue weighted by atomic mass is 10.3. The lowest BCUT2D eigenvalue weighted by molar-refractivity contribution is 0.211. The zero-order chi connectivity index (χ0) is 12.6. The summed E-state index contributed by atoms with van der Waals surface area (Å²) in [5.74, 6) is 0. The molecule has 0 bridgehead atoms. The number of nitrogens with zero attached hydrogens (tertiary/aromatic N) is 2. The predicted molar refractivity (Wildman–Crippen MR) is 65.8 cm³/mol. The normalized spacial score (nSPS) is 11.9. The summed E-state index contributed by atoms with van der Waals surface area (Å²) in [6.45, 7) is 4.04. The Morgan fingerprint density at radius 3 is 2.71 bits per heavy atom. The Labute approximate surface area is 101 Å². The van der Waals surface area contributed by atoms with Crippen molar-refractivity contribution >= 4 is 14.0 Å². The molecule has 6 nitrogen and oxygen atoms in total. The van der Waals surface area contributed by atoms with Crippen molar-refractivity contribution < 1.29 is 13.6 Å². The van der Waals surface area contributed by atoms with E-state index in [1.54, 1.807) is 32.3 Å². The molecule has 0 aliphatic rings. The third-order valence-corrected chi connectivity index (χ3v) is 3.23. The van der Waals surface area contributed by atoms with Crippen molar-refractivity contribution in [3.63, 3.8) is 0 Å². The van der Waals surface area contributed by atoms with Gasteiger partial charge >= 0.3 is 7.75 Å². The summed E-state index contributed by atoms with van der Waals surface area (Å²) in [4.78, 5) is 3.92. The molecule has 0 saturated carbocycles. The maximum atomic E-state index is 11.9. The summed E-state index contributed by atoms with van der Waals surface area (Å²) < 4.78 is 21.9. The molecule has 1 heterocycles. The van der Waals surface area contributed by atoms with Crippen molar-refractivity contribution in [3.05, 3.63) is 30.1 Å². The maximum absolute atomic E-state index is 11.9. The fourth-order valence-electron chi connectivity index (χ4n) is 1.06. The van der Waals surface area contributed by atoms with Gasteiger partial charge in [0.15, 0.2) is 0 Å². The SMILES string of the molecule is CCOP(=O)(N/N=C/c1cccnc1)OCC. The van der Waals surface area contributed by atoms with E-state index in [9.17, 15) is 4.57 Å². The van der Waals surface area contributed by atoms with Gasteiger partial charge in [-0.25, -0.2) is 9.76 Å². The zero-order valence-electron chi connectivity index (χ0n) is 9.87. The maximum Gasteiger partial charge on any atom is 0.448 e. The van der Waals surface area contributed by atoms with Gasteiger partial charge in [-0.1, -0.05) is 6.07 Å². The van der Waals surface area contributed by atoms with Crippen LogP contribution in [-0.2, 0) is 13.6 Å². The van der Waals surface area contributed by atoms with Gasteiger partial charge < -0.3 is 0 Å². The molecule has 0 aliphatic carbocycles. The van der Waals surface area contributed by atoms with E-state index in [1.807, 2.05) is 6.07 Å². The molecular formula is C10H16N3O3P. The molecule has 1 N–H and O–H groups in total. The van der Waals surface area contributed by atoms with E-state index in [4.69, 9.17) is 9.05 Å². The molecule has 0 atom stereocenters. The minimum Gasteiger partial charge on any atom is -0.292 e. The van der Waals surface area contributed by atoms with Crippen LogP contribution in [0.3, 0.4) is 0 Å². The van der Waals surface area contributed by atoms with Crippen LogP contribution in [0.4, 0.5) is 0 Å². The van der Waals surface area contributed by atoms with E-state index < -0.39 is 7.75 Å². The molecule has 0 unspecified atom stereocenters. The lowest BCUT2D eigenvalue weighted by Crippen LogP contribution is -2.09. The lowest BCUT2D eigenvalue weighted by Gasteiger charge is -2.14. The first-order valence-corrected chi connectivity index (χ1v) is 6.84. The highest BCUT2D eigenvalue weighted by atomic mass is 31.2. The van der Waals surface area contributed by atoms with Gasteiger partial charge in [-0.05, 0) is 19.9 Å². The summed E-state index contributed by atoms with van der Waals surface area (Å²) >= 11 is 0. The summed E-state index contributed by atoms with van der Waals surface area (Å²) in [6.07, 6.45) is 4.80. The van der Waals surface area contributed by atoms with Crippen molar-refractivity contribution in [1.82, 2.24) is 10.2 Å². The minimum atomic E-state index is -3.32. The van der Waals surface area contributed by atoms with E-state index >= 15 is 0 Å². The van der Waals surface area contributed by atoms with Crippen LogP contribution >= 0.6 is 7.75 Å². The summed E-state index contributed by atoms with van der Waals surface area (Å²) in [7, 11) is -3.32. The van der Waals surface area contributed by atoms with E-state index in [2.05, 4.69) is 15.3 Å². The van der Waals surface area contributed by atoms with Gasteiger partial charge in [0.05, 0.1) is 19.4 Å². The first kappa shape index (κ1) is 13.8. The molecule has 0 aromatic carbocycles. The number of rotatable bonds is 7. The van der Waals surface area contributed by atoms with Crippen LogP contribution in [0.2, 0.25) is 0 Å². The minimum absolute atomic E-state index is 0.284. The molecule has 1 rings (SSSR count). The average molecular weight is 257 g/mol. The van der Waals surface area contributed by atoms with E-state index in [1.165, 1.54) is 6.21 Å². The largest absolute Gasteiger partial charge is 0.448 e. The first-order valence-electron chi connectivity index (χ1n) is 5.29. The summed E-state index contributed by atoms with van der Waals surface area (Å²) in [5, 5.41) is 6.22. The molecule has 94 valence electrons. The van der Waals surface area contributed by atoms with Gasteiger partial charge in [-0.2, -0.15) is 5.10 Å². The second kappa shape index (κ2) is 7.17. The Bertz CT molecular complexity index is 387. The Morgan fingerprint density at radius 2 is 2.18 bits per heavy atom. The molecule has 7 heteroatoms. The van der Waals surface area contributed by atoms with Crippen LogP contribution in [-0.4, -0.2) is 24.4 Å². The highest BCUT2D eigenvalue weighted by molar-refractivity contribution is 7.51. The predicted octanol–water partition coefficient (Wildman–Crippen LogP) is 2.19. The Hall–Kier alpha value is -1.23. The van der Waals surface area contributed by atoms with Crippen molar-refractivity contribution in [2.24, 2.45) is 5.10 Å². The smallest absolute Gasteiger partial charge is 0.292 e. The molecule has 1 aromatic rings. The molecule has 0 amide bonds. The number of hydrazone groups is 1. The van der Waals surface area contributed by atoms with Gasteiger partial charge in [0.25, 0.3) is 0 Å². The van der Waals surface area contributed by atoms with Gasteiger partial charge in [0.2, 0.25) is 0 Å². The van der Waals surface area contributed by atoms with E-state index in [-0.39, 0.29) is 13.2 Å². The van der Waals surface area contributed by atoms with Crippen molar-refractivity contribution in [1.29, 1.82) is 0 Å². The summed E-state index contributed by atoms with van der Waals surface area (Å²) in [5.41, 5.74) is 0.791. The molecule has 1 aromatic heterocycles. The van der Waals surface area contributed by atoms with Crippen LogP contribution in [0.25, 0.3) is 0 Å². The number of nitrogens with one attached hydrogen (secondary N) is 1. The third-order valence-electron chi connectivity index (χ3n) is 1.68. The standard InChI is InChI=1S/C10H16N3O3P/c1-3-15-17(14,16-4-2)13-12-9-10-6-5-7-11-8-10/h5-9H,3-4H2,1-2H3,(H,13,14)/b12-9+. The van der Waals surface area contributed by atoms with Gasteiger partial charge in [0.1, 0.15) is 0 Å². The first-order chi connectivity index (χ1) is 8.20. The van der Waals surface area contributed by atoms with Crippen molar-refractivity contribution in [2.45, 2.75) is 13.8 Å². The van der Waals surface area contributed by atoms with Crippen LogP contribution in [0.1, 0.15) is 19.4 Å². The number of hydrogen-bond acceptors (Lipinski definition) is 5. The Balaban J connectivity index is 2.58. The molecule has 17 heavy (non-hydrogen) atoms. The topological polar surface area (TPSA) is 72.8 Å². The van der Waals surface area contributed by atoms with Gasteiger partial charge in [-0.3, -0.25) is 14.0 Å². The molecular weight excluding hydrogens is 241 g/mol. The van der Waals surface area contributed by atoms with Crippen LogP contribution in [0.5, 0.6) is 0 Å². The zero-order valence-corrected chi connectivity index (χ0v) is 10.8. The van der Waals surface area contributed by atoms with Gasteiger partial charge in [0, 0.05) is 18.0 Å². The van der Waals surface area contributed by atoms with E-state index in [0.29, 0.717) is 0 Å². The monoisotopic (exact) mass is 257 g/mol. The fraction of sp³-hybridized carbons (Fsp3) is 0.400. The Morgan fingerprint density at radius 1 is 1.47 bits per heavy atom. The molecule has 0 radical (unpaired) electrons. The molecule has 0 saturated heterocycles. The third kappa shape index (κ3) is 5.08. The highest BCUT2D eigenvalue weighted by Crippen LogP contribution is 2.43. The van der Waals surface area contributed by atoms with E-state index in [0.717, 1.165) is 5.56 Å². The second-order valence-electron chi connectivity index (χ2n) is 2.98. The second-order valence-corrected chi connectivity index (χ2v) is 4.69. The van der Waals surface area contributed by atoms with Crippen LogP contribution in [0, 0.1) is 0 Å². The summed E-state index contributed by atoms with van der Waals surface area (Å²) in [6, 6.07) is 3.61. The Kier molecular flexibility index (Phi) is 5.83. The molecule has 0 aliphatic heterocycles. The van der Waals surface area contributed by atoms with Crippen LogP contribution in [0.15, 0.2) is 29.6 Å². The average Bonchev–Trinajstić information content (AvgIpc) is 2.31. The molecule has 0 fully saturated rings. The molecule has 0 spiro atoms. The van der Waals surface area contributed by atoms with Crippen LogP contribution < -0.4 is 5.20 Å².